The summed E-state index contributed by atoms with van der Waals surface area (Å²) in [4.78, 5) is 25.1. The molecule has 0 bridgehead atoms. The van der Waals surface area contributed by atoms with Crippen molar-refractivity contribution in [3.63, 3.8) is 0 Å². The molecule has 3 rings (SSSR count). The Balaban J connectivity index is 1.61. The number of amides is 1. The highest BCUT2D eigenvalue weighted by atomic mass is 16.5. The molecule has 0 aliphatic carbocycles. The molecule has 1 saturated heterocycles. The van der Waals surface area contributed by atoms with E-state index in [2.05, 4.69) is 37.2 Å². The highest BCUT2D eigenvalue weighted by Crippen LogP contribution is 2.22. The quantitative estimate of drug-likeness (QED) is 0.854. The number of anilines is 2. The van der Waals surface area contributed by atoms with Crippen LogP contribution in [0.15, 0.2) is 36.7 Å². The fraction of sp³-hybridized carbons (Fsp3) is 0.421. The fourth-order valence-electron chi connectivity index (χ4n) is 2.96. The zero-order valence-corrected chi connectivity index (χ0v) is 15.3. The Hall–Kier alpha value is -2.83. The molecule has 0 saturated carbocycles. The van der Waals surface area contributed by atoms with Crippen LogP contribution in [0.1, 0.15) is 23.8 Å². The van der Waals surface area contributed by atoms with E-state index >= 15 is 0 Å². The molecule has 1 aliphatic heterocycles. The van der Waals surface area contributed by atoms with Gasteiger partial charge < -0.3 is 19.9 Å². The van der Waals surface area contributed by atoms with Gasteiger partial charge in [0.25, 0.3) is 5.91 Å². The van der Waals surface area contributed by atoms with Crippen LogP contribution in [0.25, 0.3) is 0 Å². The third-order valence-corrected chi connectivity index (χ3v) is 4.46. The largest absolute Gasteiger partial charge is 0.497 e. The highest BCUT2D eigenvalue weighted by molar-refractivity contribution is 5.92. The van der Waals surface area contributed by atoms with Crippen molar-refractivity contribution in [2.75, 3.05) is 49.6 Å². The minimum absolute atomic E-state index is 0.146. The summed E-state index contributed by atoms with van der Waals surface area (Å²) in [6.07, 6.45) is 2.36. The summed E-state index contributed by atoms with van der Waals surface area (Å²) in [5.41, 5.74) is 1.61. The van der Waals surface area contributed by atoms with Crippen LogP contribution >= 0.6 is 0 Å². The van der Waals surface area contributed by atoms with E-state index in [1.54, 1.807) is 13.2 Å². The van der Waals surface area contributed by atoms with Gasteiger partial charge in [0.15, 0.2) is 0 Å². The molecule has 0 unspecified atom stereocenters. The van der Waals surface area contributed by atoms with E-state index in [1.807, 2.05) is 19.1 Å². The van der Waals surface area contributed by atoms with Crippen LogP contribution in [0.4, 0.5) is 11.5 Å². The number of benzene rings is 1. The van der Waals surface area contributed by atoms with Crippen LogP contribution in [0, 0.1) is 0 Å². The van der Waals surface area contributed by atoms with Crippen molar-refractivity contribution in [1.82, 2.24) is 15.3 Å². The number of ether oxygens (including phenoxy) is 1. The minimum Gasteiger partial charge on any atom is -0.497 e. The average molecular weight is 355 g/mol. The number of carbonyl (C=O) groups excluding carboxylic acids is 1. The number of hydrogen-bond donors (Lipinski definition) is 1. The van der Waals surface area contributed by atoms with Gasteiger partial charge in [-0.05, 0) is 30.7 Å². The third-order valence-electron chi connectivity index (χ3n) is 4.46. The molecule has 138 valence electrons. The van der Waals surface area contributed by atoms with Gasteiger partial charge in [0.1, 0.15) is 23.6 Å². The predicted octanol–water partition coefficient (Wildman–Crippen LogP) is 1.95. The number of nitrogens with one attached hydrogen (secondary N) is 1. The van der Waals surface area contributed by atoms with Crippen LogP contribution in [-0.4, -0.2) is 55.7 Å². The van der Waals surface area contributed by atoms with Gasteiger partial charge in [0.2, 0.25) is 0 Å². The maximum absolute atomic E-state index is 12.1. The van der Waals surface area contributed by atoms with E-state index < -0.39 is 0 Å². The summed E-state index contributed by atoms with van der Waals surface area (Å²) in [5.74, 6) is 1.52. The standard InChI is InChI=1S/C19H25N5O2/c1-3-8-20-19(25)17-13-18(22-14-21-17)24-11-9-23(10-12-24)15-4-6-16(26-2)7-5-15/h4-7,13-14H,3,8-12H2,1-2H3,(H,20,25). The summed E-state index contributed by atoms with van der Waals surface area (Å²) >= 11 is 0. The van der Waals surface area contributed by atoms with Gasteiger partial charge in [-0.15, -0.1) is 0 Å². The smallest absolute Gasteiger partial charge is 0.270 e. The van der Waals surface area contributed by atoms with Crippen molar-refractivity contribution in [3.05, 3.63) is 42.4 Å². The van der Waals surface area contributed by atoms with Crippen LogP contribution < -0.4 is 19.9 Å². The van der Waals surface area contributed by atoms with Gasteiger partial charge in [-0.2, -0.15) is 0 Å². The van der Waals surface area contributed by atoms with Gasteiger partial charge in [-0.25, -0.2) is 9.97 Å². The second kappa shape index (κ2) is 8.51. The molecule has 0 spiro atoms. The first-order chi connectivity index (χ1) is 12.7. The van der Waals surface area contributed by atoms with Crippen molar-refractivity contribution >= 4 is 17.4 Å². The fourth-order valence-corrected chi connectivity index (χ4v) is 2.96. The molecule has 1 aliphatic rings. The lowest BCUT2D eigenvalue weighted by Crippen LogP contribution is -2.47. The van der Waals surface area contributed by atoms with E-state index in [1.165, 1.54) is 12.0 Å². The minimum atomic E-state index is -0.146. The maximum atomic E-state index is 12.1. The lowest BCUT2D eigenvalue weighted by atomic mass is 10.2. The first kappa shape index (κ1) is 18.0. The van der Waals surface area contributed by atoms with Crippen molar-refractivity contribution in [3.8, 4) is 5.75 Å². The summed E-state index contributed by atoms with van der Waals surface area (Å²) in [6, 6.07) is 9.89. The first-order valence-corrected chi connectivity index (χ1v) is 8.95. The molecule has 2 aromatic rings. The highest BCUT2D eigenvalue weighted by Gasteiger charge is 2.19. The molecular formula is C19H25N5O2. The molecule has 1 aromatic carbocycles. The molecule has 1 amide bonds. The van der Waals surface area contributed by atoms with E-state index in [0.29, 0.717) is 12.2 Å². The van der Waals surface area contributed by atoms with Gasteiger partial charge in [0.05, 0.1) is 7.11 Å². The zero-order chi connectivity index (χ0) is 18.4. The molecule has 7 heteroatoms. The molecule has 1 N–H and O–H groups in total. The van der Waals surface area contributed by atoms with Gasteiger partial charge in [0, 0.05) is 44.5 Å². The van der Waals surface area contributed by atoms with Crippen LogP contribution in [-0.2, 0) is 0 Å². The van der Waals surface area contributed by atoms with E-state index in [-0.39, 0.29) is 5.91 Å². The van der Waals surface area contributed by atoms with Crippen LogP contribution in [0.2, 0.25) is 0 Å². The average Bonchev–Trinajstić information content (AvgIpc) is 2.72. The molecular weight excluding hydrogens is 330 g/mol. The third kappa shape index (κ3) is 4.22. The molecule has 2 heterocycles. The zero-order valence-electron chi connectivity index (χ0n) is 15.3. The second-order valence-electron chi connectivity index (χ2n) is 6.19. The Bertz CT molecular complexity index is 727. The maximum Gasteiger partial charge on any atom is 0.270 e. The second-order valence-corrected chi connectivity index (χ2v) is 6.19. The van der Waals surface area contributed by atoms with E-state index in [4.69, 9.17) is 4.74 Å². The van der Waals surface area contributed by atoms with Crippen LogP contribution in [0.3, 0.4) is 0 Å². The van der Waals surface area contributed by atoms with E-state index in [9.17, 15) is 4.79 Å². The topological polar surface area (TPSA) is 70.6 Å². The number of carbonyl (C=O) groups is 1. The van der Waals surface area contributed by atoms with Gasteiger partial charge in [-0.1, -0.05) is 6.92 Å². The Morgan fingerprint density at radius 3 is 2.46 bits per heavy atom. The molecule has 0 atom stereocenters. The Kier molecular flexibility index (Phi) is 5.88. The monoisotopic (exact) mass is 355 g/mol. The number of aromatic nitrogens is 2. The number of piperazine rings is 1. The van der Waals surface area contributed by atoms with Crippen LogP contribution in [0.5, 0.6) is 5.75 Å². The summed E-state index contributed by atoms with van der Waals surface area (Å²) in [7, 11) is 1.67. The molecule has 0 radical (unpaired) electrons. The SMILES string of the molecule is CCCNC(=O)c1cc(N2CCN(c3ccc(OC)cc3)CC2)ncn1. The molecule has 1 aromatic heterocycles. The lowest BCUT2D eigenvalue weighted by Gasteiger charge is -2.36. The lowest BCUT2D eigenvalue weighted by molar-refractivity contribution is 0.0948. The van der Waals surface area contributed by atoms with Gasteiger partial charge in [-0.3, -0.25) is 4.79 Å². The Morgan fingerprint density at radius 1 is 1.12 bits per heavy atom. The Morgan fingerprint density at radius 2 is 1.81 bits per heavy atom. The summed E-state index contributed by atoms with van der Waals surface area (Å²) < 4.78 is 5.21. The van der Waals surface area contributed by atoms with E-state index in [0.717, 1.165) is 44.2 Å². The normalized spacial score (nSPS) is 14.2. The van der Waals surface area contributed by atoms with Gasteiger partial charge >= 0.3 is 0 Å². The first-order valence-electron chi connectivity index (χ1n) is 8.95. The predicted molar refractivity (Wildman–Crippen MR) is 102 cm³/mol. The van der Waals surface area contributed by atoms with Crippen molar-refractivity contribution < 1.29 is 9.53 Å². The number of hydrogen-bond acceptors (Lipinski definition) is 6. The summed E-state index contributed by atoms with van der Waals surface area (Å²) in [6.45, 7) is 6.16. The number of methoxy groups -OCH3 is 1. The Labute approximate surface area is 154 Å². The number of rotatable bonds is 6. The molecule has 7 nitrogen and oxygen atoms in total. The molecule has 1 fully saturated rings. The number of nitrogens with zero attached hydrogens (tertiary/aromatic N) is 4. The summed E-state index contributed by atoms with van der Waals surface area (Å²) in [5, 5.41) is 2.85. The van der Waals surface area contributed by atoms with Crippen molar-refractivity contribution in [2.24, 2.45) is 0 Å². The van der Waals surface area contributed by atoms with Crippen molar-refractivity contribution in [2.45, 2.75) is 13.3 Å². The van der Waals surface area contributed by atoms with Crippen molar-refractivity contribution in [1.29, 1.82) is 0 Å². The molecule has 26 heavy (non-hydrogen) atoms.